The molecule has 0 N–H and O–H groups in total. The van der Waals surface area contributed by atoms with Crippen molar-refractivity contribution in [1.29, 1.82) is 0 Å². The topological polar surface area (TPSA) is 29.0 Å². The SMILES string of the molecule is CN1CCc2c(-c3ccnnc3)cccc21. The largest absolute Gasteiger partial charge is 0.374 e. The predicted molar refractivity (Wildman–Crippen MR) is 64.4 cm³/mol. The van der Waals surface area contributed by atoms with E-state index < -0.39 is 0 Å². The Hall–Kier alpha value is -1.90. The summed E-state index contributed by atoms with van der Waals surface area (Å²) >= 11 is 0. The Kier molecular flexibility index (Phi) is 2.10. The van der Waals surface area contributed by atoms with Crippen molar-refractivity contribution in [2.75, 3.05) is 18.5 Å². The molecule has 16 heavy (non-hydrogen) atoms. The monoisotopic (exact) mass is 211 g/mol. The lowest BCUT2D eigenvalue weighted by atomic mass is 10.00. The molecule has 3 rings (SSSR count). The predicted octanol–water partition coefficient (Wildman–Crippen LogP) is 2.14. The lowest BCUT2D eigenvalue weighted by molar-refractivity contribution is 0.956. The fourth-order valence-corrected chi connectivity index (χ4v) is 2.32. The molecule has 1 aromatic heterocycles. The lowest BCUT2D eigenvalue weighted by Gasteiger charge is -2.12. The highest BCUT2D eigenvalue weighted by molar-refractivity contribution is 5.75. The fraction of sp³-hybridized carbons (Fsp3) is 0.231. The van der Waals surface area contributed by atoms with Crippen molar-refractivity contribution in [1.82, 2.24) is 10.2 Å². The van der Waals surface area contributed by atoms with Gasteiger partial charge in [-0.1, -0.05) is 12.1 Å². The summed E-state index contributed by atoms with van der Waals surface area (Å²) in [6.07, 6.45) is 4.69. The summed E-state index contributed by atoms with van der Waals surface area (Å²) < 4.78 is 0. The van der Waals surface area contributed by atoms with Crippen LogP contribution in [0.5, 0.6) is 0 Å². The van der Waals surface area contributed by atoms with Crippen molar-refractivity contribution < 1.29 is 0 Å². The Labute approximate surface area is 94.7 Å². The quantitative estimate of drug-likeness (QED) is 0.723. The van der Waals surface area contributed by atoms with Gasteiger partial charge < -0.3 is 4.90 Å². The van der Waals surface area contributed by atoms with Crippen molar-refractivity contribution >= 4 is 5.69 Å². The van der Waals surface area contributed by atoms with Crippen molar-refractivity contribution in [3.05, 3.63) is 42.2 Å². The van der Waals surface area contributed by atoms with E-state index in [2.05, 4.69) is 40.3 Å². The van der Waals surface area contributed by atoms with Gasteiger partial charge in [-0.05, 0) is 29.7 Å². The van der Waals surface area contributed by atoms with Crippen LogP contribution in [0.2, 0.25) is 0 Å². The molecule has 1 aliphatic heterocycles. The first kappa shape index (κ1) is 9.33. The van der Waals surface area contributed by atoms with Gasteiger partial charge in [0.2, 0.25) is 0 Å². The highest BCUT2D eigenvalue weighted by atomic mass is 15.1. The standard InChI is InChI=1S/C13H13N3/c1-16-8-6-12-11(3-2-4-13(12)16)10-5-7-14-15-9-10/h2-5,7,9H,6,8H2,1H3. The van der Waals surface area contributed by atoms with Crippen LogP contribution in [0.1, 0.15) is 5.56 Å². The molecule has 2 aromatic rings. The zero-order valence-corrected chi connectivity index (χ0v) is 9.22. The first-order valence-electron chi connectivity index (χ1n) is 5.46. The third-order valence-corrected chi connectivity index (χ3v) is 3.16. The van der Waals surface area contributed by atoms with E-state index >= 15 is 0 Å². The van der Waals surface area contributed by atoms with E-state index in [1.54, 1.807) is 6.20 Å². The van der Waals surface area contributed by atoms with Gasteiger partial charge in [0.15, 0.2) is 0 Å². The second kappa shape index (κ2) is 3.59. The molecule has 0 spiro atoms. The molecule has 0 fully saturated rings. The third kappa shape index (κ3) is 1.36. The van der Waals surface area contributed by atoms with Crippen LogP contribution in [0.4, 0.5) is 5.69 Å². The molecule has 3 nitrogen and oxygen atoms in total. The zero-order chi connectivity index (χ0) is 11.0. The summed E-state index contributed by atoms with van der Waals surface area (Å²) in [5.41, 5.74) is 5.21. The fourth-order valence-electron chi connectivity index (χ4n) is 2.32. The molecule has 1 aromatic carbocycles. The molecule has 0 amide bonds. The molecule has 3 heteroatoms. The minimum Gasteiger partial charge on any atom is -0.374 e. The Balaban J connectivity index is 2.17. The van der Waals surface area contributed by atoms with Gasteiger partial charge in [-0.15, -0.1) is 0 Å². The van der Waals surface area contributed by atoms with E-state index in [0.29, 0.717) is 0 Å². The molecular weight excluding hydrogens is 198 g/mol. The Morgan fingerprint density at radius 3 is 2.94 bits per heavy atom. The summed E-state index contributed by atoms with van der Waals surface area (Å²) in [4.78, 5) is 2.30. The summed E-state index contributed by atoms with van der Waals surface area (Å²) in [5.74, 6) is 0. The van der Waals surface area contributed by atoms with Crippen LogP contribution in [-0.4, -0.2) is 23.8 Å². The van der Waals surface area contributed by atoms with Crippen LogP contribution >= 0.6 is 0 Å². The van der Waals surface area contributed by atoms with Crippen molar-refractivity contribution in [2.24, 2.45) is 0 Å². The van der Waals surface area contributed by atoms with Crippen LogP contribution in [0.15, 0.2) is 36.7 Å². The summed E-state index contributed by atoms with van der Waals surface area (Å²) in [5, 5.41) is 7.76. The zero-order valence-electron chi connectivity index (χ0n) is 9.22. The summed E-state index contributed by atoms with van der Waals surface area (Å²) in [7, 11) is 2.14. The second-order valence-corrected chi connectivity index (χ2v) is 4.11. The van der Waals surface area contributed by atoms with E-state index in [9.17, 15) is 0 Å². The first-order valence-corrected chi connectivity index (χ1v) is 5.46. The van der Waals surface area contributed by atoms with E-state index in [0.717, 1.165) is 18.5 Å². The molecule has 0 aliphatic carbocycles. The van der Waals surface area contributed by atoms with Gasteiger partial charge in [0.1, 0.15) is 0 Å². The molecule has 2 heterocycles. The van der Waals surface area contributed by atoms with Crippen LogP contribution in [0, 0.1) is 0 Å². The highest BCUT2D eigenvalue weighted by Crippen LogP contribution is 2.34. The number of nitrogens with zero attached hydrogens (tertiary/aromatic N) is 3. The van der Waals surface area contributed by atoms with E-state index in [1.165, 1.54) is 16.8 Å². The van der Waals surface area contributed by atoms with Crippen LogP contribution in [0.25, 0.3) is 11.1 Å². The van der Waals surface area contributed by atoms with Gasteiger partial charge in [0.25, 0.3) is 0 Å². The van der Waals surface area contributed by atoms with Gasteiger partial charge in [0, 0.05) is 24.8 Å². The molecule has 0 saturated heterocycles. The van der Waals surface area contributed by atoms with Crippen LogP contribution < -0.4 is 4.90 Å². The number of hydrogen-bond acceptors (Lipinski definition) is 3. The number of anilines is 1. The molecule has 80 valence electrons. The van der Waals surface area contributed by atoms with Crippen molar-refractivity contribution in [3.63, 3.8) is 0 Å². The maximum atomic E-state index is 3.94. The molecule has 0 saturated carbocycles. The molecular formula is C13H13N3. The normalized spacial score (nSPS) is 13.9. The Morgan fingerprint density at radius 2 is 2.12 bits per heavy atom. The smallest absolute Gasteiger partial charge is 0.0574 e. The summed E-state index contributed by atoms with van der Waals surface area (Å²) in [6.45, 7) is 1.10. The number of likely N-dealkylation sites (N-methyl/N-ethyl adjacent to an activating group) is 1. The van der Waals surface area contributed by atoms with Gasteiger partial charge in [0.05, 0.1) is 12.4 Å². The second-order valence-electron chi connectivity index (χ2n) is 4.11. The highest BCUT2D eigenvalue weighted by Gasteiger charge is 2.18. The molecule has 0 bridgehead atoms. The van der Waals surface area contributed by atoms with Gasteiger partial charge in [-0.25, -0.2) is 0 Å². The van der Waals surface area contributed by atoms with Crippen molar-refractivity contribution in [3.8, 4) is 11.1 Å². The molecule has 0 atom stereocenters. The number of fused-ring (bicyclic) bond motifs is 1. The van der Waals surface area contributed by atoms with Crippen molar-refractivity contribution in [2.45, 2.75) is 6.42 Å². The van der Waals surface area contributed by atoms with E-state index in [4.69, 9.17) is 0 Å². The van der Waals surface area contributed by atoms with Gasteiger partial charge in [-0.2, -0.15) is 10.2 Å². The molecule has 0 unspecified atom stereocenters. The first-order chi connectivity index (χ1) is 7.86. The minimum absolute atomic E-state index is 1.10. The van der Waals surface area contributed by atoms with Crippen LogP contribution in [-0.2, 0) is 6.42 Å². The maximum Gasteiger partial charge on any atom is 0.0574 e. The third-order valence-electron chi connectivity index (χ3n) is 3.16. The number of hydrogen-bond donors (Lipinski definition) is 0. The average molecular weight is 211 g/mol. The average Bonchev–Trinajstić information content (AvgIpc) is 2.73. The number of rotatable bonds is 1. The molecule has 0 radical (unpaired) electrons. The minimum atomic E-state index is 1.10. The van der Waals surface area contributed by atoms with Gasteiger partial charge in [-0.3, -0.25) is 0 Å². The van der Waals surface area contributed by atoms with Gasteiger partial charge >= 0.3 is 0 Å². The molecule has 1 aliphatic rings. The maximum absolute atomic E-state index is 3.94. The Morgan fingerprint density at radius 1 is 1.19 bits per heavy atom. The van der Waals surface area contributed by atoms with E-state index in [-0.39, 0.29) is 0 Å². The summed E-state index contributed by atoms with van der Waals surface area (Å²) in [6, 6.07) is 8.47. The lowest BCUT2D eigenvalue weighted by Crippen LogP contribution is -2.12. The Bertz CT molecular complexity index is 508. The number of benzene rings is 1. The number of aromatic nitrogens is 2. The van der Waals surface area contributed by atoms with Crippen LogP contribution in [0.3, 0.4) is 0 Å². The van der Waals surface area contributed by atoms with E-state index in [1.807, 2.05) is 12.3 Å².